The van der Waals surface area contributed by atoms with E-state index in [0.717, 1.165) is 29.9 Å². The molecule has 206 valence electrons. The van der Waals surface area contributed by atoms with Crippen molar-refractivity contribution in [3.05, 3.63) is 59.7 Å². The lowest BCUT2D eigenvalue weighted by atomic mass is 9.72. The number of hydrogen-bond donors (Lipinski definition) is 0. The highest BCUT2D eigenvalue weighted by Gasteiger charge is 2.61. The fraction of sp³-hybridized carbons (Fsp3) is 0.500. The number of carbonyl (C=O) groups excluding carboxylic acids is 3. The summed E-state index contributed by atoms with van der Waals surface area (Å²) in [5.74, 6) is 0.522. The number of morpholine rings is 1. The molecule has 9 nitrogen and oxygen atoms in total. The van der Waals surface area contributed by atoms with Crippen LogP contribution in [0.4, 0.5) is 5.69 Å². The number of fused-ring (bicyclic) bond motifs is 6. The summed E-state index contributed by atoms with van der Waals surface area (Å²) in [6, 6.07) is 15.1. The monoisotopic (exact) mass is 532 g/mol. The second-order valence-corrected chi connectivity index (χ2v) is 10.9. The van der Waals surface area contributed by atoms with Gasteiger partial charge in [0, 0.05) is 51.9 Å². The van der Waals surface area contributed by atoms with Crippen LogP contribution in [0.25, 0.3) is 0 Å². The van der Waals surface area contributed by atoms with E-state index in [-0.39, 0.29) is 24.3 Å². The normalized spacial score (nSPS) is 25.7. The minimum atomic E-state index is -0.965. The minimum absolute atomic E-state index is 0.0211. The number of para-hydroxylation sites is 1. The second-order valence-electron chi connectivity index (χ2n) is 10.9. The fourth-order valence-corrected chi connectivity index (χ4v) is 6.65. The van der Waals surface area contributed by atoms with Gasteiger partial charge in [-0.05, 0) is 42.2 Å². The van der Waals surface area contributed by atoms with Crippen LogP contribution in [0.2, 0.25) is 0 Å². The highest BCUT2D eigenvalue weighted by atomic mass is 16.5. The molecular formula is C30H36N4O5. The number of likely N-dealkylation sites (N-methyl/N-ethyl adjacent to an activating group) is 1. The molecule has 0 unspecified atom stereocenters. The van der Waals surface area contributed by atoms with Gasteiger partial charge in [0.15, 0.2) is 0 Å². The lowest BCUT2D eigenvalue weighted by Gasteiger charge is -2.36. The number of likely N-dealkylation sites (tertiary alicyclic amines) is 1. The highest BCUT2D eigenvalue weighted by molar-refractivity contribution is 6.12. The van der Waals surface area contributed by atoms with Crippen LogP contribution in [0.3, 0.4) is 0 Å². The van der Waals surface area contributed by atoms with Crippen LogP contribution < -0.4 is 9.64 Å². The number of benzene rings is 2. The molecule has 3 amide bonds. The van der Waals surface area contributed by atoms with E-state index in [1.165, 1.54) is 0 Å². The standard InChI is InChI=1S/C30H36N4O5/c1-31-12-5-17-39-23-7-4-6-22(20-23)28-30(11-14-33(28)26(35)10-13-32-15-18-38-19-16-32)24-8-2-3-9-25(24)34(29(30)37)21-27(31)36/h2-4,6-9,20,28H,5,10-19,21H2,1H3/t28-,30+/m0/s1. The summed E-state index contributed by atoms with van der Waals surface area (Å²) in [5, 5.41) is 0. The van der Waals surface area contributed by atoms with Gasteiger partial charge in [0.05, 0.1) is 25.9 Å². The smallest absolute Gasteiger partial charge is 0.242 e. The molecule has 0 saturated carbocycles. The molecule has 39 heavy (non-hydrogen) atoms. The van der Waals surface area contributed by atoms with Crippen molar-refractivity contribution in [1.82, 2.24) is 14.7 Å². The zero-order chi connectivity index (χ0) is 27.0. The Kier molecular flexibility index (Phi) is 7.03. The van der Waals surface area contributed by atoms with Crippen LogP contribution >= 0.6 is 0 Å². The molecule has 4 aliphatic heterocycles. The molecule has 2 fully saturated rings. The third kappa shape index (κ3) is 4.57. The molecular weight excluding hydrogens is 496 g/mol. The van der Waals surface area contributed by atoms with Crippen molar-refractivity contribution >= 4 is 23.4 Å². The molecule has 6 rings (SSSR count). The summed E-state index contributed by atoms with van der Waals surface area (Å²) < 4.78 is 11.5. The van der Waals surface area contributed by atoms with Gasteiger partial charge < -0.3 is 24.2 Å². The maximum atomic E-state index is 14.5. The van der Waals surface area contributed by atoms with Crippen molar-refractivity contribution in [2.75, 3.05) is 71.0 Å². The number of hydrogen-bond acceptors (Lipinski definition) is 6. The molecule has 0 aromatic heterocycles. The SMILES string of the molecule is CN1CCCOc2cccc(c2)[C@@H]2N(C(=O)CCN3CCOCC3)CC[C@]23C(=O)N(CC1=O)c1ccccc13. The van der Waals surface area contributed by atoms with Crippen LogP contribution in [0.1, 0.15) is 36.4 Å². The molecule has 2 atom stereocenters. The molecule has 2 aromatic carbocycles. The average Bonchev–Trinajstić information content (AvgIpc) is 3.47. The predicted octanol–water partition coefficient (Wildman–Crippen LogP) is 2.21. The molecule has 4 bridgehead atoms. The van der Waals surface area contributed by atoms with Crippen molar-refractivity contribution in [2.24, 2.45) is 0 Å². The summed E-state index contributed by atoms with van der Waals surface area (Å²) in [4.78, 5) is 49.0. The number of amides is 3. The largest absolute Gasteiger partial charge is 0.494 e. The molecule has 0 aliphatic carbocycles. The van der Waals surface area contributed by atoms with E-state index >= 15 is 0 Å². The molecule has 2 aromatic rings. The number of carbonyl (C=O) groups is 3. The predicted molar refractivity (Wildman–Crippen MR) is 146 cm³/mol. The Morgan fingerprint density at radius 2 is 1.82 bits per heavy atom. The van der Waals surface area contributed by atoms with Crippen molar-refractivity contribution < 1.29 is 23.9 Å². The second kappa shape index (κ2) is 10.6. The van der Waals surface area contributed by atoms with Crippen molar-refractivity contribution in [2.45, 2.75) is 30.7 Å². The van der Waals surface area contributed by atoms with Gasteiger partial charge in [-0.3, -0.25) is 19.3 Å². The lowest BCUT2D eigenvalue weighted by Crippen LogP contribution is -2.48. The first-order chi connectivity index (χ1) is 19.0. The highest BCUT2D eigenvalue weighted by Crippen LogP contribution is 2.57. The lowest BCUT2D eigenvalue weighted by molar-refractivity contribution is -0.135. The summed E-state index contributed by atoms with van der Waals surface area (Å²) >= 11 is 0. The van der Waals surface area contributed by atoms with E-state index in [1.54, 1.807) is 16.8 Å². The first kappa shape index (κ1) is 25.8. The number of nitrogens with zero attached hydrogens (tertiary/aromatic N) is 4. The van der Waals surface area contributed by atoms with Crippen LogP contribution in [0, 0.1) is 0 Å². The quantitative estimate of drug-likeness (QED) is 0.603. The van der Waals surface area contributed by atoms with E-state index in [1.807, 2.05) is 53.4 Å². The van der Waals surface area contributed by atoms with E-state index in [4.69, 9.17) is 9.47 Å². The van der Waals surface area contributed by atoms with Crippen LogP contribution in [-0.4, -0.2) is 98.6 Å². The maximum absolute atomic E-state index is 14.5. The first-order valence-corrected chi connectivity index (χ1v) is 14.0. The molecule has 1 spiro atoms. The molecule has 4 aliphatic rings. The van der Waals surface area contributed by atoms with Gasteiger partial charge in [-0.15, -0.1) is 0 Å². The summed E-state index contributed by atoms with van der Waals surface area (Å²) in [6.45, 7) is 5.15. The molecule has 0 radical (unpaired) electrons. The Bertz CT molecular complexity index is 1260. The molecule has 2 saturated heterocycles. The van der Waals surface area contributed by atoms with E-state index < -0.39 is 11.5 Å². The van der Waals surface area contributed by atoms with Crippen molar-refractivity contribution in [3.8, 4) is 5.75 Å². The van der Waals surface area contributed by atoms with Crippen LogP contribution in [0.5, 0.6) is 5.75 Å². The summed E-state index contributed by atoms with van der Waals surface area (Å²) in [5.41, 5.74) is 1.57. The summed E-state index contributed by atoms with van der Waals surface area (Å²) in [7, 11) is 1.77. The number of ether oxygens (including phenoxy) is 2. The topological polar surface area (TPSA) is 82.6 Å². The average molecular weight is 533 g/mol. The van der Waals surface area contributed by atoms with Crippen molar-refractivity contribution in [3.63, 3.8) is 0 Å². The van der Waals surface area contributed by atoms with Gasteiger partial charge in [-0.1, -0.05) is 30.3 Å². The Morgan fingerprint density at radius 3 is 2.67 bits per heavy atom. The van der Waals surface area contributed by atoms with E-state index in [2.05, 4.69) is 4.90 Å². The Labute approximate surface area is 229 Å². The zero-order valence-electron chi connectivity index (χ0n) is 22.5. The maximum Gasteiger partial charge on any atom is 0.242 e. The number of rotatable bonds is 3. The third-order valence-electron chi connectivity index (χ3n) is 8.69. The Balaban J connectivity index is 1.42. The van der Waals surface area contributed by atoms with E-state index in [9.17, 15) is 14.4 Å². The summed E-state index contributed by atoms with van der Waals surface area (Å²) in [6.07, 6.45) is 1.56. The van der Waals surface area contributed by atoms with E-state index in [0.29, 0.717) is 64.5 Å². The van der Waals surface area contributed by atoms with Gasteiger partial charge in [-0.2, -0.15) is 0 Å². The Morgan fingerprint density at radius 1 is 1.00 bits per heavy atom. The third-order valence-corrected chi connectivity index (χ3v) is 8.69. The van der Waals surface area contributed by atoms with Gasteiger partial charge in [0.1, 0.15) is 17.7 Å². The molecule has 0 N–H and O–H groups in total. The fourth-order valence-electron chi connectivity index (χ4n) is 6.65. The number of anilines is 1. The molecule has 9 heteroatoms. The van der Waals surface area contributed by atoms with Gasteiger partial charge >= 0.3 is 0 Å². The molecule has 4 heterocycles. The van der Waals surface area contributed by atoms with Gasteiger partial charge in [-0.25, -0.2) is 0 Å². The zero-order valence-corrected chi connectivity index (χ0v) is 22.5. The van der Waals surface area contributed by atoms with Crippen molar-refractivity contribution in [1.29, 1.82) is 0 Å². The van der Waals surface area contributed by atoms with Crippen LogP contribution in [-0.2, 0) is 24.5 Å². The Hall–Kier alpha value is -3.43. The minimum Gasteiger partial charge on any atom is -0.494 e. The van der Waals surface area contributed by atoms with Crippen LogP contribution in [0.15, 0.2) is 48.5 Å². The first-order valence-electron chi connectivity index (χ1n) is 14.0. The van der Waals surface area contributed by atoms with Gasteiger partial charge in [0.25, 0.3) is 0 Å². The van der Waals surface area contributed by atoms with Gasteiger partial charge in [0.2, 0.25) is 17.7 Å².